The average Bonchev–Trinajstić information content (AvgIpc) is 3.29. The van der Waals surface area contributed by atoms with Gasteiger partial charge in [0.2, 0.25) is 0 Å². The number of phenols is 1. The second kappa shape index (κ2) is 12.1. The van der Waals surface area contributed by atoms with Gasteiger partial charge in [-0.25, -0.2) is 4.39 Å². The molecular formula is C25H25B4FN4O10. The van der Waals surface area contributed by atoms with E-state index < -0.39 is 82.4 Å². The number of aliphatic hydroxyl groups is 5. The number of aromatic hydroxyl groups is 1. The van der Waals surface area contributed by atoms with E-state index in [2.05, 4.69) is 11.9 Å². The summed E-state index contributed by atoms with van der Waals surface area (Å²) in [6, 6.07) is -2.51. The molecule has 3 fully saturated rings. The van der Waals surface area contributed by atoms with E-state index in [-0.39, 0.29) is 34.2 Å². The van der Waals surface area contributed by atoms with Gasteiger partial charge in [0.05, 0.1) is 13.2 Å². The third-order valence-electron chi connectivity index (χ3n) is 7.66. The number of allylic oxidation sites excluding steroid dienone is 1. The van der Waals surface area contributed by atoms with E-state index in [1.54, 1.807) is 0 Å². The number of imide groups is 1. The van der Waals surface area contributed by atoms with Crippen molar-refractivity contribution in [3.05, 3.63) is 51.5 Å². The molecule has 3 aliphatic rings. The molecule has 0 aliphatic carbocycles. The van der Waals surface area contributed by atoms with Gasteiger partial charge < -0.3 is 45.6 Å². The molecule has 0 saturated carbocycles. The van der Waals surface area contributed by atoms with Gasteiger partial charge in [-0.3, -0.25) is 24.6 Å². The maximum Gasteiger partial charge on any atom is 0.303 e. The van der Waals surface area contributed by atoms with E-state index in [1.165, 1.54) is 5.32 Å². The topological polar surface area (TPSA) is 212 Å². The Balaban J connectivity index is 1.72. The number of piperidine rings is 1. The van der Waals surface area contributed by atoms with Crippen LogP contribution < -0.4 is 21.6 Å². The zero-order chi connectivity index (χ0) is 32.9. The van der Waals surface area contributed by atoms with Crippen molar-refractivity contribution < 1.29 is 54.2 Å². The lowest BCUT2D eigenvalue weighted by Crippen LogP contribution is -2.79. The van der Waals surface area contributed by atoms with Gasteiger partial charge in [-0.05, 0) is 27.7 Å². The Hall–Kier alpha value is -3.60. The maximum absolute atomic E-state index is 15.2. The number of hydrogen-bond acceptors (Lipinski definition) is 12. The van der Waals surface area contributed by atoms with Gasteiger partial charge >= 0.3 is 5.79 Å². The van der Waals surface area contributed by atoms with Crippen molar-refractivity contribution in [2.24, 2.45) is 0 Å². The number of halogens is 1. The Morgan fingerprint density at radius 1 is 1.09 bits per heavy atom. The van der Waals surface area contributed by atoms with E-state index in [0.29, 0.717) is 31.2 Å². The van der Waals surface area contributed by atoms with Crippen LogP contribution in [0.1, 0.15) is 11.1 Å². The molecule has 1 aromatic carbocycles. The molecule has 3 heterocycles. The normalized spacial score (nSPS) is 24.2. The van der Waals surface area contributed by atoms with Crippen LogP contribution in [-0.4, -0.2) is 140 Å². The molecule has 19 heteroatoms. The number of benzene rings is 1. The van der Waals surface area contributed by atoms with Gasteiger partial charge in [0.1, 0.15) is 42.9 Å². The van der Waals surface area contributed by atoms with Crippen LogP contribution in [0.25, 0.3) is 0 Å². The van der Waals surface area contributed by atoms with E-state index >= 15 is 4.39 Å². The lowest BCUT2D eigenvalue weighted by atomic mass is 9.76. The Labute approximate surface area is 255 Å². The Kier molecular flexibility index (Phi) is 9.13. The van der Waals surface area contributed by atoms with Gasteiger partial charge in [-0.1, -0.05) is 12.0 Å². The first-order chi connectivity index (χ1) is 20.4. The van der Waals surface area contributed by atoms with Crippen LogP contribution >= 0.6 is 0 Å². The third-order valence-corrected chi connectivity index (χ3v) is 7.66. The van der Waals surface area contributed by atoms with Crippen molar-refractivity contribution in [3.63, 3.8) is 0 Å². The molecule has 1 atom stereocenters. The summed E-state index contributed by atoms with van der Waals surface area (Å²) in [5, 5.41) is 65.3. The number of morpholine rings is 1. The van der Waals surface area contributed by atoms with Crippen molar-refractivity contribution >= 4 is 60.0 Å². The molecule has 0 bridgehead atoms. The SMILES string of the molecule is [B]/C(NCc1c([B])c(CN2CCOCC2)c([B])c(O)c1F)=C1/CN(C2C(=O)NC(=O)C(O)(O)C2(O)O)C(=O)/C1=C(\[B])C(=C)O. The molecule has 0 aromatic heterocycles. The molecular weight excluding hydrogens is 579 g/mol. The van der Waals surface area contributed by atoms with Crippen LogP contribution in [0.15, 0.2) is 34.6 Å². The molecule has 8 radical (unpaired) electrons. The van der Waals surface area contributed by atoms with Crippen LogP contribution in [0, 0.1) is 5.82 Å². The van der Waals surface area contributed by atoms with Crippen molar-refractivity contribution in [3.8, 4) is 5.75 Å². The Morgan fingerprint density at radius 3 is 2.30 bits per heavy atom. The summed E-state index contributed by atoms with van der Waals surface area (Å²) in [4.78, 5) is 40.2. The summed E-state index contributed by atoms with van der Waals surface area (Å²) in [6.45, 7) is 4.08. The van der Waals surface area contributed by atoms with Crippen LogP contribution in [0.5, 0.6) is 5.75 Å². The lowest BCUT2D eigenvalue weighted by molar-refractivity contribution is -0.355. The molecule has 1 aromatic rings. The van der Waals surface area contributed by atoms with E-state index in [4.69, 9.17) is 36.1 Å². The minimum absolute atomic E-state index is 0.103. The third kappa shape index (κ3) is 5.55. The van der Waals surface area contributed by atoms with E-state index in [1.807, 2.05) is 4.90 Å². The largest absolute Gasteiger partial charge is 0.509 e. The van der Waals surface area contributed by atoms with Crippen LogP contribution in [0.2, 0.25) is 0 Å². The predicted octanol–water partition coefficient (Wildman–Crippen LogP) is -5.86. The Bertz CT molecular complexity index is 1510. The molecule has 224 valence electrons. The van der Waals surface area contributed by atoms with Crippen LogP contribution in [0.3, 0.4) is 0 Å². The standard InChI is InChI=1S/C25H25B4FN4O10/c1-9(35)14(26)13-11(8-34(22(13)38)19-21(37)32-23(39)25(42,43)24(19,40)41)20(29)31-6-10-15(27)12(16(28)18(36)17(10)30)7-33-2-4-44-5-3-33/h19,31,35-36,40-43H,1-8H2,(H,32,37,39)/b14-13-,20-11+. The number of hydrogen-bond donors (Lipinski definition) is 8. The summed E-state index contributed by atoms with van der Waals surface area (Å²) < 4.78 is 20.5. The van der Waals surface area contributed by atoms with Crippen molar-refractivity contribution in [1.29, 1.82) is 0 Å². The number of rotatable bonds is 7. The number of phenolic OH excluding ortho intramolecular Hbond substituents is 1. The lowest BCUT2D eigenvalue weighted by Gasteiger charge is -2.44. The van der Waals surface area contributed by atoms with Crippen molar-refractivity contribution in [2.45, 2.75) is 30.7 Å². The fourth-order valence-corrected chi connectivity index (χ4v) is 5.08. The van der Waals surface area contributed by atoms with E-state index in [9.17, 15) is 45.0 Å². The summed E-state index contributed by atoms with van der Waals surface area (Å²) in [7, 11) is 24.2. The number of ether oxygens (including phenoxy) is 1. The minimum Gasteiger partial charge on any atom is -0.509 e. The summed E-state index contributed by atoms with van der Waals surface area (Å²) in [5.41, 5.74) is -2.32. The van der Waals surface area contributed by atoms with E-state index in [0.717, 1.165) is 0 Å². The van der Waals surface area contributed by atoms with Crippen molar-refractivity contribution in [2.75, 3.05) is 32.8 Å². The number of likely N-dealkylation sites (tertiary alicyclic amines) is 1. The molecule has 3 aliphatic heterocycles. The zero-order valence-electron chi connectivity index (χ0n) is 23.1. The monoisotopic (exact) mass is 604 g/mol. The highest BCUT2D eigenvalue weighted by atomic mass is 19.1. The number of nitrogens with one attached hydrogen (secondary N) is 2. The molecule has 44 heavy (non-hydrogen) atoms. The summed E-state index contributed by atoms with van der Waals surface area (Å²) in [5.74, 6) is -15.3. The van der Waals surface area contributed by atoms with Gasteiger partial charge in [0.15, 0.2) is 11.9 Å². The molecule has 4 rings (SSSR count). The Morgan fingerprint density at radius 2 is 1.70 bits per heavy atom. The molecule has 8 N–H and O–H groups in total. The predicted molar refractivity (Wildman–Crippen MR) is 152 cm³/mol. The maximum atomic E-state index is 15.2. The highest BCUT2D eigenvalue weighted by molar-refractivity contribution is 6.41. The van der Waals surface area contributed by atoms with Gasteiger partial charge in [-0.15, -0.1) is 0 Å². The fourth-order valence-electron chi connectivity index (χ4n) is 5.08. The zero-order valence-corrected chi connectivity index (χ0v) is 23.1. The van der Waals surface area contributed by atoms with Crippen LogP contribution in [0.4, 0.5) is 4.39 Å². The van der Waals surface area contributed by atoms with Gasteiger partial charge in [-0.2, -0.15) is 0 Å². The summed E-state index contributed by atoms with van der Waals surface area (Å²) >= 11 is 0. The number of nitrogens with zero attached hydrogens (tertiary/aromatic N) is 2. The molecule has 3 saturated heterocycles. The second-order valence-electron chi connectivity index (χ2n) is 10.4. The fraction of sp³-hybridized carbons (Fsp3) is 0.400. The number of aliphatic hydroxyl groups excluding tert-OH is 1. The first kappa shape index (κ1) is 33.3. The molecule has 1 unspecified atom stereocenters. The highest BCUT2D eigenvalue weighted by Gasteiger charge is 2.67. The smallest absolute Gasteiger partial charge is 0.303 e. The van der Waals surface area contributed by atoms with Crippen molar-refractivity contribution in [1.82, 2.24) is 20.4 Å². The average molecular weight is 604 g/mol. The molecule has 3 amide bonds. The quantitative estimate of drug-likeness (QED) is 0.0481. The molecule has 14 nitrogen and oxygen atoms in total. The van der Waals surface area contributed by atoms with Gasteiger partial charge in [0.25, 0.3) is 23.5 Å². The number of carbonyl (C=O) groups is 3. The first-order valence-corrected chi connectivity index (χ1v) is 13.0. The first-order valence-electron chi connectivity index (χ1n) is 13.0. The molecule has 0 spiro atoms. The summed E-state index contributed by atoms with van der Waals surface area (Å²) in [6.07, 6.45) is 0. The number of amides is 3. The minimum atomic E-state index is -3.94. The number of carbonyl (C=O) groups excluding carboxylic acids is 3. The highest BCUT2D eigenvalue weighted by Crippen LogP contribution is 2.36. The second-order valence-corrected chi connectivity index (χ2v) is 10.4. The van der Waals surface area contributed by atoms with Crippen LogP contribution in [-0.2, 0) is 32.2 Å². The van der Waals surface area contributed by atoms with Gasteiger partial charge in [0, 0.05) is 43.9 Å².